The molecule has 0 rings (SSSR count). The lowest BCUT2D eigenvalue weighted by Gasteiger charge is -2.24. The highest BCUT2D eigenvalue weighted by atomic mass is 127. The molecule has 70 valence electrons. The normalized spacial score (nSPS) is 11.5. The van der Waals surface area contributed by atoms with E-state index in [1.54, 1.807) is 0 Å². The topological polar surface area (TPSA) is 3.24 Å². The summed E-state index contributed by atoms with van der Waals surface area (Å²) < 4.78 is 1.08. The maximum Gasteiger partial charge on any atom is 0.0792 e. The summed E-state index contributed by atoms with van der Waals surface area (Å²) in [4.78, 5) is 2.23. The molecular formula is C8H21IN2. The Balaban J connectivity index is 0. The van der Waals surface area contributed by atoms with Crippen LogP contribution >= 0.6 is 0 Å². The third-order valence-corrected chi connectivity index (χ3v) is 1.43. The van der Waals surface area contributed by atoms with Crippen molar-refractivity contribution in [3.05, 3.63) is 0 Å². The maximum absolute atomic E-state index is 2.23. The maximum atomic E-state index is 2.23. The van der Waals surface area contributed by atoms with Crippen LogP contribution in [0.2, 0.25) is 0 Å². The van der Waals surface area contributed by atoms with Gasteiger partial charge < -0.3 is 33.4 Å². The summed E-state index contributed by atoms with van der Waals surface area (Å²) >= 11 is 0. The predicted octanol–water partition coefficient (Wildman–Crippen LogP) is -2.35. The third-order valence-electron chi connectivity index (χ3n) is 1.43. The molecule has 0 aromatic heterocycles. The van der Waals surface area contributed by atoms with Crippen LogP contribution in [0.1, 0.15) is 6.42 Å². The first kappa shape index (κ1) is 14.2. The van der Waals surface area contributed by atoms with Crippen LogP contribution in [0.25, 0.3) is 0 Å². The highest BCUT2D eigenvalue weighted by molar-refractivity contribution is 4.41. The molecule has 0 fully saturated rings. The van der Waals surface area contributed by atoms with Gasteiger partial charge in [0.2, 0.25) is 0 Å². The van der Waals surface area contributed by atoms with Gasteiger partial charge in [-0.05, 0) is 14.1 Å². The van der Waals surface area contributed by atoms with E-state index in [0.29, 0.717) is 0 Å². The Morgan fingerprint density at radius 2 is 1.55 bits per heavy atom. The second kappa shape index (κ2) is 6.20. The summed E-state index contributed by atoms with van der Waals surface area (Å²) in [5.41, 5.74) is 0. The van der Waals surface area contributed by atoms with E-state index in [4.69, 9.17) is 0 Å². The summed E-state index contributed by atoms with van der Waals surface area (Å²) in [6.45, 7) is 2.47. The van der Waals surface area contributed by atoms with Gasteiger partial charge in [-0.1, -0.05) is 0 Å². The molecule has 2 nitrogen and oxygen atoms in total. The largest absolute Gasteiger partial charge is 1.00 e. The SMILES string of the molecule is CN(C)CCC[N+](C)(C)C.[I-]. The van der Waals surface area contributed by atoms with Crippen molar-refractivity contribution in [3.63, 3.8) is 0 Å². The van der Waals surface area contributed by atoms with E-state index in [1.165, 1.54) is 19.5 Å². The molecular weight excluding hydrogens is 251 g/mol. The van der Waals surface area contributed by atoms with Gasteiger partial charge in [0.1, 0.15) is 0 Å². The van der Waals surface area contributed by atoms with Crippen molar-refractivity contribution in [3.8, 4) is 0 Å². The second-order valence-electron chi connectivity index (χ2n) is 4.17. The van der Waals surface area contributed by atoms with E-state index in [-0.39, 0.29) is 24.0 Å². The monoisotopic (exact) mass is 272 g/mol. The molecule has 0 N–H and O–H groups in total. The average Bonchev–Trinajstić information content (AvgIpc) is 1.59. The van der Waals surface area contributed by atoms with Gasteiger partial charge in [0.25, 0.3) is 0 Å². The Kier molecular flexibility index (Phi) is 7.99. The van der Waals surface area contributed by atoms with Crippen molar-refractivity contribution in [2.24, 2.45) is 0 Å². The first-order valence-corrected chi connectivity index (χ1v) is 3.87. The molecule has 0 aliphatic carbocycles. The quantitative estimate of drug-likeness (QED) is 0.409. The highest BCUT2D eigenvalue weighted by Gasteiger charge is 2.05. The van der Waals surface area contributed by atoms with Gasteiger partial charge in [-0.3, -0.25) is 0 Å². The molecule has 0 aliphatic heterocycles. The molecule has 0 spiro atoms. The molecule has 0 atom stereocenters. The molecule has 0 aromatic rings. The van der Waals surface area contributed by atoms with Crippen LogP contribution in [0.4, 0.5) is 0 Å². The molecule has 11 heavy (non-hydrogen) atoms. The van der Waals surface area contributed by atoms with Crippen molar-refractivity contribution in [1.82, 2.24) is 4.90 Å². The summed E-state index contributed by atoms with van der Waals surface area (Å²) in [6.07, 6.45) is 1.29. The Labute approximate surface area is 88.2 Å². The molecule has 0 aliphatic rings. The lowest BCUT2D eigenvalue weighted by molar-refractivity contribution is -0.870. The minimum atomic E-state index is 0. The minimum absolute atomic E-state index is 0. The van der Waals surface area contributed by atoms with Gasteiger partial charge in [0.05, 0.1) is 27.7 Å². The highest BCUT2D eigenvalue weighted by Crippen LogP contribution is 1.93. The van der Waals surface area contributed by atoms with E-state index < -0.39 is 0 Å². The van der Waals surface area contributed by atoms with E-state index in [2.05, 4.69) is 40.1 Å². The van der Waals surface area contributed by atoms with Gasteiger partial charge in [-0.2, -0.15) is 0 Å². The Hall–Kier alpha value is 0.650. The van der Waals surface area contributed by atoms with Crippen molar-refractivity contribution in [2.75, 3.05) is 48.3 Å². The lowest BCUT2D eigenvalue weighted by Crippen LogP contribution is -3.00. The number of rotatable bonds is 4. The zero-order valence-corrected chi connectivity index (χ0v) is 10.6. The molecule has 0 amide bonds. The van der Waals surface area contributed by atoms with Crippen LogP contribution in [-0.2, 0) is 0 Å². The van der Waals surface area contributed by atoms with Gasteiger partial charge >= 0.3 is 0 Å². The fraction of sp³-hybridized carbons (Fsp3) is 1.00. The Bertz CT molecular complexity index is 86.6. The average molecular weight is 272 g/mol. The summed E-state index contributed by atoms with van der Waals surface area (Å²) in [5, 5.41) is 0. The standard InChI is InChI=1S/C8H21N2.HI/c1-9(2)7-6-8-10(3,4)5;/h6-8H2,1-5H3;1H/q+1;/p-1. The van der Waals surface area contributed by atoms with Gasteiger partial charge in [0.15, 0.2) is 0 Å². The Morgan fingerprint density at radius 3 is 1.82 bits per heavy atom. The van der Waals surface area contributed by atoms with E-state index in [0.717, 1.165) is 4.48 Å². The second-order valence-corrected chi connectivity index (χ2v) is 4.17. The van der Waals surface area contributed by atoms with Crippen molar-refractivity contribution >= 4 is 0 Å². The van der Waals surface area contributed by atoms with Crippen molar-refractivity contribution in [2.45, 2.75) is 6.42 Å². The number of nitrogens with zero attached hydrogens (tertiary/aromatic N) is 2. The zero-order chi connectivity index (χ0) is 8.20. The van der Waals surface area contributed by atoms with Crippen LogP contribution < -0.4 is 24.0 Å². The van der Waals surface area contributed by atoms with E-state index >= 15 is 0 Å². The van der Waals surface area contributed by atoms with Crippen LogP contribution in [0.5, 0.6) is 0 Å². The molecule has 0 unspecified atom stereocenters. The first-order valence-electron chi connectivity index (χ1n) is 3.87. The van der Waals surface area contributed by atoms with Crippen molar-refractivity contribution in [1.29, 1.82) is 0 Å². The lowest BCUT2D eigenvalue weighted by atomic mass is 10.3. The number of quaternary nitrogens is 1. The first-order chi connectivity index (χ1) is 4.42. The molecule has 0 heterocycles. The molecule has 3 heteroatoms. The minimum Gasteiger partial charge on any atom is -1.00 e. The fourth-order valence-corrected chi connectivity index (χ4v) is 0.861. The van der Waals surface area contributed by atoms with Gasteiger partial charge in [0, 0.05) is 13.0 Å². The third kappa shape index (κ3) is 13.6. The van der Waals surface area contributed by atoms with Crippen molar-refractivity contribution < 1.29 is 28.5 Å². The van der Waals surface area contributed by atoms with Crippen LogP contribution in [-0.4, -0.2) is 57.7 Å². The van der Waals surface area contributed by atoms with Crippen LogP contribution in [0.15, 0.2) is 0 Å². The summed E-state index contributed by atoms with van der Waals surface area (Å²) in [6, 6.07) is 0. The molecule has 0 saturated heterocycles. The van der Waals surface area contributed by atoms with Gasteiger partial charge in [-0.25, -0.2) is 0 Å². The number of halogens is 1. The summed E-state index contributed by atoms with van der Waals surface area (Å²) in [7, 11) is 10.9. The molecule has 0 saturated carbocycles. The summed E-state index contributed by atoms with van der Waals surface area (Å²) in [5.74, 6) is 0. The zero-order valence-electron chi connectivity index (χ0n) is 8.39. The molecule has 0 aromatic carbocycles. The number of hydrogen-bond donors (Lipinski definition) is 0. The Morgan fingerprint density at radius 1 is 1.09 bits per heavy atom. The molecule has 0 bridgehead atoms. The van der Waals surface area contributed by atoms with Crippen LogP contribution in [0.3, 0.4) is 0 Å². The van der Waals surface area contributed by atoms with E-state index in [1.807, 2.05) is 0 Å². The van der Waals surface area contributed by atoms with Gasteiger partial charge in [-0.15, -0.1) is 0 Å². The van der Waals surface area contributed by atoms with Crippen LogP contribution in [0, 0.1) is 0 Å². The predicted molar refractivity (Wildman–Crippen MR) is 46.1 cm³/mol. The van der Waals surface area contributed by atoms with E-state index in [9.17, 15) is 0 Å². The smallest absolute Gasteiger partial charge is 0.0792 e. The number of hydrogen-bond acceptors (Lipinski definition) is 1. The fourth-order valence-electron chi connectivity index (χ4n) is 0.861. The molecule has 0 radical (unpaired) electrons.